The summed E-state index contributed by atoms with van der Waals surface area (Å²) in [5, 5.41) is 3.25. The third-order valence-electron chi connectivity index (χ3n) is 8.70. The molecule has 3 aromatic carbocycles. The fourth-order valence-corrected chi connectivity index (χ4v) is 8.12. The topological polar surface area (TPSA) is 52.7 Å². The molecular formula is C31H35F4N3O2S. The van der Waals surface area contributed by atoms with Crippen molar-refractivity contribution in [2.45, 2.75) is 55.8 Å². The van der Waals surface area contributed by atoms with Crippen molar-refractivity contribution in [3.8, 4) is 11.1 Å². The van der Waals surface area contributed by atoms with E-state index in [1.54, 1.807) is 13.0 Å². The van der Waals surface area contributed by atoms with E-state index in [4.69, 9.17) is 0 Å². The Labute approximate surface area is 239 Å². The molecule has 0 aliphatic carbocycles. The number of hydrogen-bond acceptors (Lipinski definition) is 4. The van der Waals surface area contributed by atoms with Gasteiger partial charge in [0.15, 0.2) is 0 Å². The van der Waals surface area contributed by atoms with Gasteiger partial charge in [-0.3, -0.25) is 4.90 Å². The summed E-state index contributed by atoms with van der Waals surface area (Å²) >= 11 is 0. The maximum atomic E-state index is 14.0. The Hall–Kier alpha value is -2.79. The van der Waals surface area contributed by atoms with Crippen LogP contribution < -0.4 is 5.32 Å². The van der Waals surface area contributed by atoms with E-state index in [0.29, 0.717) is 18.5 Å². The lowest BCUT2D eigenvalue weighted by atomic mass is 9.74. The van der Waals surface area contributed by atoms with Crippen molar-refractivity contribution in [2.75, 3.05) is 33.2 Å². The molecule has 0 spiro atoms. The number of alkyl halides is 3. The fourth-order valence-electron chi connectivity index (χ4n) is 6.41. The van der Waals surface area contributed by atoms with Gasteiger partial charge in [-0.2, -0.15) is 17.5 Å². The van der Waals surface area contributed by atoms with E-state index in [2.05, 4.69) is 10.2 Å². The number of rotatable bonds is 6. The van der Waals surface area contributed by atoms with Gasteiger partial charge in [0.05, 0.1) is 10.5 Å². The fraction of sp³-hybridized carbons (Fsp3) is 0.419. The first-order chi connectivity index (χ1) is 19.4. The van der Waals surface area contributed by atoms with Crippen molar-refractivity contribution in [1.82, 2.24) is 14.5 Å². The quantitative estimate of drug-likeness (QED) is 0.360. The van der Waals surface area contributed by atoms with Crippen LogP contribution in [0.3, 0.4) is 0 Å². The summed E-state index contributed by atoms with van der Waals surface area (Å²) in [6.45, 7) is 5.43. The van der Waals surface area contributed by atoms with Gasteiger partial charge in [0.2, 0.25) is 10.0 Å². The van der Waals surface area contributed by atoms with Crippen LogP contribution in [0.1, 0.15) is 41.0 Å². The lowest BCUT2D eigenvalue weighted by Crippen LogP contribution is -2.68. The van der Waals surface area contributed by atoms with Crippen molar-refractivity contribution < 1.29 is 26.0 Å². The molecule has 220 valence electrons. The van der Waals surface area contributed by atoms with Crippen molar-refractivity contribution in [2.24, 2.45) is 0 Å². The van der Waals surface area contributed by atoms with Gasteiger partial charge >= 0.3 is 6.18 Å². The second kappa shape index (κ2) is 11.5. The van der Waals surface area contributed by atoms with Crippen LogP contribution in [0.15, 0.2) is 65.6 Å². The number of sulfonamides is 1. The summed E-state index contributed by atoms with van der Waals surface area (Å²) in [7, 11) is -2.51. The average molecular weight is 590 g/mol. The Morgan fingerprint density at radius 2 is 1.61 bits per heavy atom. The van der Waals surface area contributed by atoms with E-state index < -0.39 is 26.7 Å². The zero-order valence-corrected chi connectivity index (χ0v) is 24.2. The molecule has 2 aliphatic rings. The van der Waals surface area contributed by atoms with Crippen LogP contribution in [0, 0.1) is 19.7 Å². The van der Waals surface area contributed by atoms with Crippen molar-refractivity contribution in [1.29, 1.82) is 0 Å². The number of likely N-dealkylation sites (N-methyl/N-ethyl adjacent to an activating group) is 1. The highest BCUT2D eigenvalue weighted by Gasteiger charge is 2.50. The van der Waals surface area contributed by atoms with Crippen LogP contribution in [-0.4, -0.2) is 62.9 Å². The summed E-state index contributed by atoms with van der Waals surface area (Å²) in [5.74, 6) is -0.254. The number of fused-ring (bicyclic) bond motifs is 1. The predicted octanol–water partition coefficient (Wildman–Crippen LogP) is 5.97. The monoisotopic (exact) mass is 589 g/mol. The largest absolute Gasteiger partial charge is 0.417 e. The van der Waals surface area contributed by atoms with Crippen molar-refractivity contribution in [3.05, 3.63) is 88.7 Å². The van der Waals surface area contributed by atoms with Gasteiger partial charge in [-0.15, -0.1) is 0 Å². The normalized spacial score (nSPS) is 22.5. The van der Waals surface area contributed by atoms with Crippen molar-refractivity contribution >= 4 is 10.0 Å². The lowest BCUT2D eigenvalue weighted by molar-refractivity contribution is -0.139. The molecule has 0 amide bonds. The zero-order valence-electron chi connectivity index (χ0n) is 23.4. The van der Waals surface area contributed by atoms with Gasteiger partial charge in [0.1, 0.15) is 5.82 Å². The van der Waals surface area contributed by atoms with Crippen LogP contribution in [0.5, 0.6) is 0 Å². The van der Waals surface area contributed by atoms with Crippen LogP contribution in [0.2, 0.25) is 0 Å². The summed E-state index contributed by atoms with van der Waals surface area (Å²) in [6.07, 6.45) is -3.46. The van der Waals surface area contributed by atoms with Crippen LogP contribution in [0.25, 0.3) is 11.1 Å². The molecule has 5 nitrogen and oxygen atoms in total. The summed E-state index contributed by atoms with van der Waals surface area (Å²) in [4.78, 5) is 1.59. The third kappa shape index (κ3) is 5.55. The Balaban J connectivity index is 1.47. The van der Waals surface area contributed by atoms with Crippen molar-refractivity contribution in [3.63, 3.8) is 0 Å². The molecule has 1 N–H and O–H groups in total. The third-order valence-corrected chi connectivity index (χ3v) is 10.6. The molecule has 5 rings (SSSR count). The predicted molar refractivity (Wildman–Crippen MR) is 152 cm³/mol. The summed E-state index contributed by atoms with van der Waals surface area (Å²) < 4.78 is 84.0. The molecule has 10 heteroatoms. The van der Waals surface area contributed by atoms with Gasteiger partial charge in [-0.1, -0.05) is 42.5 Å². The number of nitrogens with zero attached hydrogens (tertiary/aromatic N) is 2. The van der Waals surface area contributed by atoms with Gasteiger partial charge < -0.3 is 5.32 Å². The number of hydrogen-bond donors (Lipinski definition) is 1. The van der Waals surface area contributed by atoms with Crippen LogP contribution >= 0.6 is 0 Å². The molecule has 2 saturated heterocycles. The Morgan fingerprint density at radius 3 is 2.29 bits per heavy atom. The molecule has 1 unspecified atom stereocenters. The van der Waals surface area contributed by atoms with Gasteiger partial charge in [0.25, 0.3) is 0 Å². The second-order valence-electron chi connectivity index (χ2n) is 11.0. The van der Waals surface area contributed by atoms with Gasteiger partial charge in [-0.25, -0.2) is 12.8 Å². The molecule has 3 atom stereocenters. The Morgan fingerprint density at radius 1 is 0.927 bits per heavy atom. The minimum Gasteiger partial charge on any atom is -0.318 e. The molecular weight excluding hydrogens is 554 g/mol. The molecule has 0 saturated carbocycles. The first-order valence-electron chi connectivity index (χ1n) is 13.9. The van der Waals surface area contributed by atoms with E-state index in [-0.39, 0.29) is 36.9 Å². The molecule has 0 bridgehead atoms. The second-order valence-corrected chi connectivity index (χ2v) is 12.9. The smallest absolute Gasteiger partial charge is 0.318 e. The standard InChI is InChI=1S/C31H35F4N3O2S/c1-20-21(2)26(32)15-14-24(20)22-10-12-23(13-11-22)30-27(18-36-3)38-17-7-6-16-37(19-28(30)38)41(39,40)29-9-5-4-8-25(29)31(33,34)35/h4-5,8-15,27-28,30,36H,6-7,16-19H2,1-3H3/t27-,28?,30-/m1/s1. The SMILES string of the molecule is CNC[C@@H]1[C@@H](c2ccc(-c3ccc(F)c(C)c3C)cc2)C2CN(S(=O)(=O)c3ccccc3C(F)(F)F)CCCCN21. The highest BCUT2D eigenvalue weighted by Crippen LogP contribution is 2.44. The lowest BCUT2D eigenvalue weighted by Gasteiger charge is -2.57. The van der Waals surface area contributed by atoms with Gasteiger partial charge in [0, 0.05) is 37.6 Å². The van der Waals surface area contributed by atoms with E-state index in [1.165, 1.54) is 22.5 Å². The molecule has 2 heterocycles. The molecule has 0 radical (unpaired) electrons. The molecule has 3 aromatic rings. The number of halogens is 4. The highest BCUT2D eigenvalue weighted by atomic mass is 32.2. The maximum absolute atomic E-state index is 14.0. The molecule has 2 fully saturated rings. The summed E-state index contributed by atoms with van der Waals surface area (Å²) in [6, 6.07) is 15.7. The van der Waals surface area contributed by atoms with Crippen LogP contribution in [-0.2, 0) is 16.2 Å². The first kappa shape index (κ1) is 29.7. The first-order valence-corrected chi connectivity index (χ1v) is 15.3. The van der Waals surface area contributed by atoms with Crippen LogP contribution in [0.4, 0.5) is 17.6 Å². The van der Waals surface area contributed by atoms with Gasteiger partial charge in [-0.05, 0) is 86.3 Å². The average Bonchev–Trinajstić information content (AvgIpc) is 2.92. The molecule has 2 aliphatic heterocycles. The Kier molecular flexibility index (Phi) is 8.31. The Bertz CT molecular complexity index is 1510. The molecule has 41 heavy (non-hydrogen) atoms. The minimum atomic E-state index is -4.78. The highest BCUT2D eigenvalue weighted by molar-refractivity contribution is 7.89. The van der Waals surface area contributed by atoms with E-state index >= 15 is 0 Å². The minimum absolute atomic E-state index is 0.0128. The number of benzene rings is 3. The van der Waals surface area contributed by atoms with E-state index in [0.717, 1.165) is 47.4 Å². The number of nitrogens with one attached hydrogen (secondary N) is 1. The zero-order chi connectivity index (χ0) is 29.5. The maximum Gasteiger partial charge on any atom is 0.417 e. The van der Waals surface area contributed by atoms with E-state index in [1.807, 2.05) is 38.2 Å². The molecule has 0 aromatic heterocycles. The summed E-state index contributed by atoms with van der Waals surface area (Å²) in [5.41, 5.74) is 3.29. The van der Waals surface area contributed by atoms with E-state index in [9.17, 15) is 26.0 Å².